The maximum Gasteiger partial charge on any atom is 0.0976 e. The molecule has 19 heavy (non-hydrogen) atoms. The van der Waals surface area contributed by atoms with Crippen LogP contribution >= 0.6 is 11.6 Å². The van der Waals surface area contributed by atoms with Crippen molar-refractivity contribution in [3.63, 3.8) is 0 Å². The standard InChI is InChI=1S/C16H20ClNO/c1-11-4-3-7-16(9-11,10-18)15(19)13-6-5-12(2)14(17)8-13/h5-6,8,11,15,19H,3-4,7,9H2,1-2H3. The first-order valence-electron chi connectivity index (χ1n) is 6.84. The molecule has 102 valence electrons. The fourth-order valence-corrected chi connectivity index (χ4v) is 3.29. The summed E-state index contributed by atoms with van der Waals surface area (Å²) >= 11 is 6.12. The predicted octanol–water partition coefficient (Wildman–Crippen LogP) is 4.40. The first kappa shape index (κ1) is 14.4. The highest BCUT2D eigenvalue weighted by Gasteiger charge is 2.42. The number of halogens is 1. The molecule has 3 heteroatoms. The normalized spacial score (nSPS) is 28.7. The Morgan fingerprint density at radius 1 is 1.53 bits per heavy atom. The molecule has 0 radical (unpaired) electrons. The summed E-state index contributed by atoms with van der Waals surface area (Å²) in [6, 6.07) is 7.96. The number of aliphatic hydroxyl groups is 1. The van der Waals surface area contributed by atoms with Crippen molar-refractivity contribution >= 4 is 11.6 Å². The lowest BCUT2D eigenvalue weighted by Crippen LogP contribution is -2.32. The Morgan fingerprint density at radius 2 is 2.26 bits per heavy atom. The number of benzene rings is 1. The number of nitrogens with zero attached hydrogens (tertiary/aromatic N) is 1. The zero-order valence-electron chi connectivity index (χ0n) is 11.5. The van der Waals surface area contributed by atoms with E-state index in [0.717, 1.165) is 36.8 Å². The van der Waals surface area contributed by atoms with E-state index in [1.54, 1.807) is 6.07 Å². The molecule has 1 aromatic rings. The fourth-order valence-electron chi connectivity index (χ4n) is 3.10. The lowest BCUT2D eigenvalue weighted by atomic mass is 9.66. The molecule has 1 N–H and O–H groups in total. The second-order valence-corrected chi connectivity index (χ2v) is 6.29. The summed E-state index contributed by atoms with van der Waals surface area (Å²) in [5, 5.41) is 20.9. The molecule has 1 fully saturated rings. The number of aryl methyl sites for hydroxylation is 1. The van der Waals surface area contributed by atoms with E-state index in [9.17, 15) is 10.4 Å². The molecular weight excluding hydrogens is 258 g/mol. The van der Waals surface area contributed by atoms with Gasteiger partial charge in [-0.25, -0.2) is 0 Å². The number of aliphatic hydroxyl groups excluding tert-OH is 1. The van der Waals surface area contributed by atoms with Crippen molar-refractivity contribution in [3.8, 4) is 6.07 Å². The lowest BCUT2D eigenvalue weighted by Gasteiger charge is -2.38. The molecule has 0 bridgehead atoms. The van der Waals surface area contributed by atoms with Crippen molar-refractivity contribution in [1.29, 1.82) is 5.26 Å². The summed E-state index contributed by atoms with van der Waals surface area (Å²) in [4.78, 5) is 0. The molecule has 2 rings (SSSR count). The van der Waals surface area contributed by atoms with E-state index >= 15 is 0 Å². The van der Waals surface area contributed by atoms with Crippen LogP contribution in [0.1, 0.15) is 49.8 Å². The zero-order valence-corrected chi connectivity index (χ0v) is 12.2. The molecule has 0 aromatic heterocycles. The van der Waals surface area contributed by atoms with Gasteiger partial charge in [-0.15, -0.1) is 0 Å². The highest BCUT2D eigenvalue weighted by molar-refractivity contribution is 6.31. The minimum absolute atomic E-state index is 0.490. The van der Waals surface area contributed by atoms with Gasteiger partial charge in [0.1, 0.15) is 0 Å². The van der Waals surface area contributed by atoms with Gasteiger partial charge in [0.2, 0.25) is 0 Å². The molecule has 0 saturated heterocycles. The molecule has 1 aliphatic carbocycles. The zero-order chi connectivity index (χ0) is 14.0. The third kappa shape index (κ3) is 2.78. The quantitative estimate of drug-likeness (QED) is 0.871. The van der Waals surface area contributed by atoms with E-state index in [1.165, 1.54) is 0 Å². The number of hydrogen-bond acceptors (Lipinski definition) is 2. The van der Waals surface area contributed by atoms with Crippen molar-refractivity contribution in [2.45, 2.75) is 45.6 Å². The lowest BCUT2D eigenvalue weighted by molar-refractivity contribution is 0.0219. The molecule has 2 nitrogen and oxygen atoms in total. The van der Waals surface area contributed by atoms with E-state index in [4.69, 9.17) is 11.6 Å². The van der Waals surface area contributed by atoms with Crippen LogP contribution in [0, 0.1) is 29.6 Å². The van der Waals surface area contributed by atoms with Gasteiger partial charge in [-0.2, -0.15) is 5.26 Å². The average Bonchev–Trinajstić information content (AvgIpc) is 2.41. The monoisotopic (exact) mass is 277 g/mol. The molecule has 0 aliphatic heterocycles. The van der Waals surface area contributed by atoms with Gasteiger partial charge in [0.15, 0.2) is 0 Å². The molecule has 0 heterocycles. The smallest absolute Gasteiger partial charge is 0.0976 e. The Balaban J connectivity index is 2.32. The van der Waals surface area contributed by atoms with Crippen LogP contribution in [0.4, 0.5) is 0 Å². The van der Waals surface area contributed by atoms with Gasteiger partial charge >= 0.3 is 0 Å². The summed E-state index contributed by atoms with van der Waals surface area (Å²) in [5.74, 6) is 0.490. The summed E-state index contributed by atoms with van der Waals surface area (Å²) in [7, 11) is 0. The predicted molar refractivity (Wildman–Crippen MR) is 76.8 cm³/mol. The number of rotatable bonds is 2. The van der Waals surface area contributed by atoms with Crippen molar-refractivity contribution in [2.75, 3.05) is 0 Å². The summed E-state index contributed by atoms with van der Waals surface area (Å²) in [6.07, 6.45) is 2.92. The Hall–Kier alpha value is -1.04. The summed E-state index contributed by atoms with van der Waals surface area (Å²) in [6.45, 7) is 4.08. The van der Waals surface area contributed by atoms with E-state index in [1.807, 2.05) is 19.1 Å². The van der Waals surface area contributed by atoms with Gasteiger partial charge in [0.05, 0.1) is 17.6 Å². The Kier molecular flexibility index (Phi) is 4.18. The minimum Gasteiger partial charge on any atom is -0.387 e. The van der Waals surface area contributed by atoms with Crippen LogP contribution in [-0.4, -0.2) is 5.11 Å². The summed E-state index contributed by atoms with van der Waals surface area (Å²) in [5.41, 5.74) is 1.09. The first-order chi connectivity index (χ1) is 8.98. The highest BCUT2D eigenvalue weighted by atomic mass is 35.5. The maximum atomic E-state index is 10.6. The number of nitriles is 1. The SMILES string of the molecule is Cc1ccc(C(O)C2(C#N)CCCC(C)C2)cc1Cl. The average molecular weight is 278 g/mol. The molecule has 1 aliphatic rings. The second-order valence-electron chi connectivity index (χ2n) is 5.88. The van der Waals surface area contributed by atoms with Crippen LogP contribution in [0.15, 0.2) is 18.2 Å². The van der Waals surface area contributed by atoms with E-state index in [-0.39, 0.29) is 0 Å². The van der Waals surface area contributed by atoms with Gasteiger partial charge < -0.3 is 5.11 Å². The Morgan fingerprint density at radius 3 is 2.84 bits per heavy atom. The summed E-state index contributed by atoms with van der Waals surface area (Å²) < 4.78 is 0. The molecule has 0 spiro atoms. The minimum atomic E-state index is -0.752. The van der Waals surface area contributed by atoms with Gasteiger partial charge in [-0.05, 0) is 42.9 Å². The Bertz CT molecular complexity index is 508. The van der Waals surface area contributed by atoms with Crippen LogP contribution in [0.3, 0.4) is 0 Å². The molecule has 0 amide bonds. The fraction of sp³-hybridized carbons (Fsp3) is 0.562. The van der Waals surface area contributed by atoms with Crippen LogP contribution < -0.4 is 0 Å². The van der Waals surface area contributed by atoms with Gasteiger partial charge in [-0.1, -0.05) is 43.5 Å². The Labute approximate surface area is 120 Å². The van der Waals surface area contributed by atoms with Crippen LogP contribution in [-0.2, 0) is 0 Å². The van der Waals surface area contributed by atoms with Crippen molar-refractivity contribution < 1.29 is 5.11 Å². The molecule has 1 saturated carbocycles. The van der Waals surface area contributed by atoms with Gasteiger partial charge in [0, 0.05) is 5.02 Å². The largest absolute Gasteiger partial charge is 0.387 e. The third-order valence-electron chi connectivity index (χ3n) is 4.29. The van der Waals surface area contributed by atoms with Gasteiger partial charge in [0.25, 0.3) is 0 Å². The topological polar surface area (TPSA) is 44.0 Å². The van der Waals surface area contributed by atoms with Crippen molar-refractivity contribution in [3.05, 3.63) is 34.3 Å². The van der Waals surface area contributed by atoms with E-state index < -0.39 is 11.5 Å². The third-order valence-corrected chi connectivity index (χ3v) is 4.70. The van der Waals surface area contributed by atoms with Crippen molar-refractivity contribution in [1.82, 2.24) is 0 Å². The van der Waals surface area contributed by atoms with E-state index in [0.29, 0.717) is 10.9 Å². The first-order valence-corrected chi connectivity index (χ1v) is 7.22. The number of hydrogen-bond donors (Lipinski definition) is 1. The maximum absolute atomic E-state index is 10.6. The van der Waals surface area contributed by atoms with Crippen LogP contribution in [0.25, 0.3) is 0 Å². The molecule has 1 aromatic carbocycles. The molecule has 3 atom stereocenters. The highest BCUT2D eigenvalue weighted by Crippen LogP contribution is 2.47. The molecular formula is C16H20ClNO. The van der Waals surface area contributed by atoms with Crippen LogP contribution in [0.5, 0.6) is 0 Å². The molecule has 3 unspecified atom stereocenters. The van der Waals surface area contributed by atoms with E-state index in [2.05, 4.69) is 13.0 Å². The van der Waals surface area contributed by atoms with Gasteiger partial charge in [-0.3, -0.25) is 0 Å². The second kappa shape index (κ2) is 5.53. The van der Waals surface area contributed by atoms with Crippen LogP contribution in [0.2, 0.25) is 5.02 Å². The van der Waals surface area contributed by atoms with Crippen molar-refractivity contribution in [2.24, 2.45) is 11.3 Å².